The molecule has 0 unspecified atom stereocenters. The standard InChI is InChI=1S/C17H26N4O3/c1-11-15(24-12-6-4-3-5-7-12)9-8-13(20-11)17(18)14(21(2)19)10-16(22)23/h8-9,12H,3-7,10,18-19H2,1-2H3,(H,22,23)/b17-14-. The van der Waals surface area contributed by atoms with E-state index >= 15 is 0 Å². The minimum atomic E-state index is -1.00. The van der Waals surface area contributed by atoms with E-state index in [0.29, 0.717) is 11.4 Å². The smallest absolute Gasteiger partial charge is 0.309 e. The Bertz CT molecular complexity index is 622. The Morgan fingerprint density at radius 2 is 2.04 bits per heavy atom. The van der Waals surface area contributed by atoms with Gasteiger partial charge in [0.25, 0.3) is 0 Å². The number of hydrazine groups is 1. The van der Waals surface area contributed by atoms with Gasteiger partial charge < -0.3 is 20.6 Å². The zero-order chi connectivity index (χ0) is 17.7. The number of carboxylic acids is 1. The summed E-state index contributed by atoms with van der Waals surface area (Å²) in [6.07, 6.45) is 5.80. The van der Waals surface area contributed by atoms with Gasteiger partial charge in [-0.2, -0.15) is 0 Å². The summed E-state index contributed by atoms with van der Waals surface area (Å²) in [7, 11) is 1.55. The average Bonchev–Trinajstić information content (AvgIpc) is 2.54. The van der Waals surface area contributed by atoms with Crippen molar-refractivity contribution < 1.29 is 14.6 Å². The number of carbonyl (C=O) groups is 1. The van der Waals surface area contributed by atoms with Gasteiger partial charge in [-0.15, -0.1) is 0 Å². The Kier molecular flexibility index (Phi) is 6.03. The first-order chi connectivity index (χ1) is 11.4. The molecule has 0 atom stereocenters. The van der Waals surface area contributed by atoms with Crippen LogP contribution in [0.4, 0.5) is 0 Å². The van der Waals surface area contributed by atoms with Gasteiger partial charge >= 0.3 is 5.97 Å². The van der Waals surface area contributed by atoms with Gasteiger partial charge in [0.15, 0.2) is 0 Å². The highest BCUT2D eigenvalue weighted by molar-refractivity contribution is 5.75. The summed E-state index contributed by atoms with van der Waals surface area (Å²) in [5, 5.41) is 10.2. The van der Waals surface area contributed by atoms with Crippen molar-refractivity contribution >= 4 is 11.7 Å². The maximum atomic E-state index is 11.0. The number of carboxylic acid groups (broad SMARTS) is 1. The first kappa shape index (κ1) is 18.1. The van der Waals surface area contributed by atoms with Crippen molar-refractivity contribution in [3.63, 3.8) is 0 Å². The molecule has 0 saturated heterocycles. The summed E-state index contributed by atoms with van der Waals surface area (Å²) in [6, 6.07) is 3.58. The molecule has 1 heterocycles. The lowest BCUT2D eigenvalue weighted by atomic mass is 9.98. The topological polar surface area (TPSA) is 115 Å². The molecule has 1 aliphatic carbocycles. The van der Waals surface area contributed by atoms with E-state index in [1.807, 2.05) is 13.0 Å². The molecule has 1 saturated carbocycles. The molecule has 1 aromatic rings. The van der Waals surface area contributed by atoms with E-state index in [0.717, 1.165) is 24.3 Å². The SMILES string of the molecule is Cc1nc(/C(N)=C(\CC(=O)O)N(C)N)ccc1OC1CCCCC1. The van der Waals surface area contributed by atoms with Crippen LogP contribution < -0.4 is 16.3 Å². The number of ether oxygens (including phenoxy) is 1. The van der Waals surface area contributed by atoms with Crippen LogP contribution >= 0.6 is 0 Å². The van der Waals surface area contributed by atoms with Crippen LogP contribution in [0.2, 0.25) is 0 Å². The first-order valence-electron chi connectivity index (χ1n) is 8.22. The van der Waals surface area contributed by atoms with Gasteiger partial charge in [0.2, 0.25) is 0 Å². The van der Waals surface area contributed by atoms with Crippen molar-refractivity contribution in [1.82, 2.24) is 9.99 Å². The lowest BCUT2D eigenvalue weighted by Gasteiger charge is -2.24. The van der Waals surface area contributed by atoms with Crippen LogP contribution in [0.1, 0.15) is 49.9 Å². The Morgan fingerprint density at radius 1 is 1.38 bits per heavy atom. The number of hydrogen-bond acceptors (Lipinski definition) is 6. The third-order valence-corrected chi connectivity index (χ3v) is 4.21. The molecule has 0 aromatic carbocycles. The maximum absolute atomic E-state index is 11.0. The van der Waals surface area contributed by atoms with E-state index in [2.05, 4.69) is 4.98 Å². The van der Waals surface area contributed by atoms with Crippen LogP contribution in [0.15, 0.2) is 17.8 Å². The molecule has 2 rings (SSSR count). The predicted molar refractivity (Wildman–Crippen MR) is 91.8 cm³/mol. The highest BCUT2D eigenvalue weighted by Gasteiger charge is 2.18. The minimum Gasteiger partial charge on any atom is -0.489 e. The van der Waals surface area contributed by atoms with Crippen LogP contribution in [0, 0.1) is 6.92 Å². The van der Waals surface area contributed by atoms with Crippen molar-refractivity contribution in [2.45, 2.75) is 51.6 Å². The minimum absolute atomic E-state index is 0.246. The fraction of sp³-hybridized carbons (Fsp3) is 0.529. The number of aromatic nitrogens is 1. The molecule has 7 heteroatoms. The van der Waals surface area contributed by atoms with Crippen LogP contribution in [0.25, 0.3) is 5.70 Å². The van der Waals surface area contributed by atoms with Gasteiger partial charge in [-0.05, 0) is 44.7 Å². The second-order valence-corrected chi connectivity index (χ2v) is 6.20. The van der Waals surface area contributed by atoms with Crippen LogP contribution in [-0.4, -0.2) is 34.2 Å². The molecule has 1 aromatic heterocycles. The molecule has 1 aliphatic rings. The van der Waals surface area contributed by atoms with E-state index < -0.39 is 5.97 Å². The number of pyridine rings is 1. The zero-order valence-electron chi connectivity index (χ0n) is 14.3. The summed E-state index contributed by atoms with van der Waals surface area (Å²) in [5.74, 6) is 5.44. The summed E-state index contributed by atoms with van der Waals surface area (Å²) in [4.78, 5) is 15.4. The van der Waals surface area contributed by atoms with Crippen LogP contribution in [0.3, 0.4) is 0 Å². The number of aryl methyl sites for hydroxylation is 1. The fourth-order valence-electron chi connectivity index (χ4n) is 2.89. The number of nitrogens with two attached hydrogens (primary N) is 2. The molecule has 132 valence electrons. The maximum Gasteiger partial charge on any atom is 0.309 e. The molecule has 0 spiro atoms. The number of nitrogens with zero attached hydrogens (tertiary/aromatic N) is 2. The Balaban J connectivity index is 2.22. The molecule has 5 N–H and O–H groups in total. The van der Waals surface area contributed by atoms with Crippen molar-refractivity contribution in [3.05, 3.63) is 29.2 Å². The summed E-state index contributed by atoms with van der Waals surface area (Å²) < 4.78 is 6.04. The third kappa shape index (κ3) is 4.61. The van der Waals surface area contributed by atoms with Crippen molar-refractivity contribution in [2.24, 2.45) is 11.6 Å². The molecule has 7 nitrogen and oxygen atoms in total. The van der Waals surface area contributed by atoms with Gasteiger partial charge in [-0.25, -0.2) is 10.8 Å². The van der Waals surface area contributed by atoms with Gasteiger partial charge in [-0.1, -0.05) is 6.42 Å². The number of aliphatic carboxylic acids is 1. The highest BCUT2D eigenvalue weighted by atomic mass is 16.5. The molecule has 0 amide bonds. The van der Waals surface area contributed by atoms with Gasteiger partial charge in [0, 0.05) is 7.05 Å². The molecule has 0 bridgehead atoms. The van der Waals surface area contributed by atoms with Crippen molar-refractivity contribution in [3.8, 4) is 5.75 Å². The van der Waals surface area contributed by atoms with E-state index in [1.54, 1.807) is 13.1 Å². The second-order valence-electron chi connectivity index (χ2n) is 6.20. The van der Waals surface area contributed by atoms with E-state index in [4.69, 9.17) is 21.4 Å². The van der Waals surface area contributed by atoms with E-state index in [1.165, 1.54) is 24.3 Å². The molecule has 24 heavy (non-hydrogen) atoms. The van der Waals surface area contributed by atoms with Crippen LogP contribution in [0.5, 0.6) is 5.75 Å². The van der Waals surface area contributed by atoms with E-state index in [-0.39, 0.29) is 18.2 Å². The lowest BCUT2D eigenvalue weighted by Crippen LogP contribution is -2.29. The first-order valence-corrected chi connectivity index (χ1v) is 8.22. The van der Waals surface area contributed by atoms with E-state index in [9.17, 15) is 4.79 Å². The van der Waals surface area contributed by atoms with Crippen LogP contribution in [-0.2, 0) is 4.79 Å². The highest BCUT2D eigenvalue weighted by Crippen LogP contribution is 2.26. The summed E-state index contributed by atoms with van der Waals surface area (Å²) in [6.45, 7) is 1.86. The Hall–Kier alpha value is -2.28. The monoisotopic (exact) mass is 334 g/mol. The lowest BCUT2D eigenvalue weighted by molar-refractivity contribution is -0.136. The summed E-state index contributed by atoms with van der Waals surface area (Å²) >= 11 is 0. The van der Waals surface area contributed by atoms with Gasteiger partial charge in [0.1, 0.15) is 5.75 Å². The summed E-state index contributed by atoms with van der Waals surface area (Å²) in [5.41, 5.74) is 7.89. The van der Waals surface area contributed by atoms with Gasteiger partial charge in [0.05, 0.1) is 35.3 Å². The second kappa shape index (κ2) is 8.01. The van der Waals surface area contributed by atoms with Gasteiger partial charge in [-0.3, -0.25) is 4.79 Å². The third-order valence-electron chi connectivity index (χ3n) is 4.21. The number of rotatable bonds is 6. The molecular weight excluding hydrogens is 308 g/mol. The molecule has 0 aliphatic heterocycles. The van der Waals surface area contributed by atoms with Crippen molar-refractivity contribution in [1.29, 1.82) is 0 Å². The largest absolute Gasteiger partial charge is 0.489 e. The Labute approximate surface area is 142 Å². The zero-order valence-corrected chi connectivity index (χ0v) is 14.3. The normalized spacial score (nSPS) is 16.5. The number of hydrogen-bond donors (Lipinski definition) is 3. The fourth-order valence-corrected chi connectivity index (χ4v) is 2.89. The predicted octanol–water partition coefficient (Wildman–Crippen LogP) is 2.01. The molecule has 1 fully saturated rings. The van der Waals surface area contributed by atoms with Crippen molar-refractivity contribution in [2.75, 3.05) is 7.05 Å². The quantitative estimate of drug-likeness (QED) is 0.538. The Morgan fingerprint density at radius 3 is 2.58 bits per heavy atom. The molecular formula is C17H26N4O3. The average molecular weight is 334 g/mol. The molecule has 0 radical (unpaired) electrons.